The van der Waals surface area contributed by atoms with Crippen LogP contribution in [0, 0.1) is 0 Å². The number of nitrogens with one attached hydrogen (secondary N) is 1. The van der Waals surface area contributed by atoms with Gasteiger partial charge in [0.05, 0.1) is 17.3 Å². The van der Waals surface area contributed by atoms with E-state index in [1.807, 2.05) is 43.6 Å². The first-order valence-electron chi connectivity index (χ1n) is 7.65. The van der Waals surface area contributed by atoms with Gasteiger partial charge in [-0.25, -0.2) is 4.98 Å². The molecule has 0 aliphatic carbocycles. The van der Waals surface area contributed by atoms with Gasteiger partial charge < -0.3 is 10.1 Å². The van der Waals surface area contributed by atoms with Crippen molar-refractivity contribution in [2.24, 2.45) is 0 Å². The van der Waals surface area contributed by atoms with Crippen LogP contribution in [0.1, 0.15) is 36.3 Å². The third-order valence-electron chi connectivity index (χ3n) is 3.04. The minimum Gasteiger partial charge on any atom is -0.379 e. The molecule has 1 heterocycles. The summed E-state index contributed by atoms with van der Waals surface area (Å²) in [5, 5.41) is 4.97. The van der Waals surface area contributed by atoms with E-state index in [0.29, 0.717) is 18.7 Å². The monoisotopic (exact) mass is 350 g/mol. The SMILES string of the molecule is CC(C)OCCCNC(=O)c1ccc(SCc2cscn2)cc1. The Kier molecular flexibility index (Phi) is 7.58. The van der Waals surface area contributed by atoms with E-state index in [9.17, 15) is 4.79 Å². The highest BCUT2D eigenvalue weighted by Gasteiger charge is 2.05. The van der Waals surface area contributed by atoms with Gasteiger partial charge in [-0.05, 0) is 44.5 Å². The van der Waals surface area contributed by atoms with E-state index in [-0.39, 0.29) is 12.0 Å². The van der Waals surface area contributed by atoms with Crippen molar-refractivity contribution in [1.82, 2.24) is 10.3 Å². The molecular weight excluding hydrogens is 328 g/mol. The summed E-state index contributed by atoms with van der Waals surface area (Å²) in [6, 6.07) is 7.69. The third-order valence-corrected chi connectivity index (χ3v) is 4.73. The molecule has 2 rings (SSSR count). The van der Waals surface area contributed by atoms with Gasteiger partial charge in [0.2, 0.25) is 0 Å². The molecule has 0 spiro atoms. The van der Waals surface area contributed by atoms with Crippen LogP contribution in [0.4, 0.5) is 0 Å². The molecule has 124 valence electrons. The Labute approximate surface area is 145 Å². The van der Waals surface area contributed by atoms with Crippen LogP contribution in [0.5, 0.6) is 0 Å². The maximum Gasteiger partial charge on any atom is 0.251 e. The maximum atomic E-state index is 12.0. The lowest BCUT2D eigenvalue weighted by Gasteiger charge is -2.08. The molecule has 6 heteroatoms. The normalized spacial score (nSPS) is 10.9. The molecule has 1 aromatic heterocycles. The zero-order valence-corrected chi connectivity index (χ0v) is 15.1. The Morgan fingerprint density at radius 2 is 2.13 bits per heavy atom. The summed E-state index contributed by atoms with van der Waals surface area (Å²) in [5.41, 5.74) is 3.62. The van der Waals surface area contributed by atoms with Crippen molar-refractivity contribution in [3.8, 4) is 0 Å². The van der Waals surface area contributed by atoms with Crippen molar-refractivity contribution in [3.05, 3.63) is 46.4 Å². The summed E-state index contributed by atoms with van der Waals surface area (Å²) in [4.78, 5) is 17.4. The second-order valence-electron chi connectivity index (χ2n) is 5.32. The van der Waals surface area contributed by atoms with E-state index >= 15 is 0 Å². The number of benzene rings is 1. The Balaban J connectivity index is 1.71. The van der Waals surface area contributed by atoms with E-state index in [2.05, 4.69) is 15.7 Å². The molecule has 0 aliphatic heterocycles. The third kappa shape index (κ3) is 6.72. The predicted octanol–water partition coefficient (Wildman–Crippen LogP) is 3.98. The van der Waals surface area contributed by atoms with Gasteiger partial charge in [0.25, 0.3) is 5.91 Å². The summed E-state index contributed by atoms with van der Waals surface area (Å²) in [6.45, 7) is 5.31. The van der Waals surface area contributed by atoms with E-state index in [4.69, 9.17) is 4.74 Å². The molecule has 0 saturated carbocycles. The maximum absolute atomic E-state index is 12.0. The zero-order valence-electron chi connectivity index (χ0n) is 13.5. The van der Waals surface area contributed by atoms with Crippen molar-refractivity contribution in [2.75, 3.05) is 13.2 Å². The van der Waals surface area contributed by atoms with Crippen LogP contribution >= 0.6 is 23.1 Å². The van der Waals surface area contributed by atoms with Crippen LogP contribution in [-0.2, 0) is 10.5 Å². The van der Waals surface area contributed by atoms with Crippen molar-refractivity contribution in [2.45, 2.75) is 37.0 Å². The second kappa shape index (κ2) is 9.70. The van der Waals surface area contributed by atoms with E-state index in [1.165, 1.54) is 0 Å². The fraction of sp³-hybridized carbons (Fsp3) is 0.412. The molecule has 0 atom stereocenters. The summed E-state index contributed by atoms with van der Waals surface area (Å²) in [6.07, 6.45) is 1.06. The molecule has 0 unspecified atom stereocenters. The highest BCUT2D eigenvalue weighted by molar-refractivity contribution is 7.98. The van der Waals surface area contributed by atoms with E-state index in [1.54, 1.807) is 23.1 Å². The average Bonchev–Trinajstić information content (AvgIpc) is 3.06. The minimum absolute atomic E-state index is 0.0365. The standard InChI is InChI=1S/C17H22N2O2S2/c1-13(2)21-9-3-8-18-17(20)14-4-6-16(7-5-14)23-11-15-10-22-12-19-15/h4-7,10,12-13H,3,8-9,11H2,1-2H3,(H,18,20). The highest BCUT2D eigenvalue weighted by Crippen LogP contribution is 2.22. The fourth-order valence-corrected chi connectivity index (χ4v) is 3.33. The first-order valence-corrected chi connectivity index (χ1v) is 9.57. The van der Waals surface area contributed by atoms with E-state index in [0.717, 1.165) is 22.8 Å². The number of hydrogen-bond donors (Lipinski definition) is 1. The Morgan fingerprint density at radius 3 is 2.78 bits per heavy atom. The number of nitrogens with zero attached hydrogens (tertiary/aromatic N) is 1. The van der Waals surface area contributed by atoms with Crippen LogP contribution in [0.3, 0.4) is 0 Å². The predicted molar refractivity (Wildman–Crippen MR) is 96.2 cm³/mol. The highest BCUT2D eigenvalue weighted by atomic mass is 32.2. The molecule has 0 aliphatic rings. The largest absolute Gasteiger partial charge is 0.379 e. The molecule has 0 saturated heterocycles. The number of carbonyl (C=O) groups is 1. The number of aromatic nitrogens is 1. The zero-order chi connectivity index (χ0) is 16.5. The van der Waals surface area contributed by atoms with Gasteiger partial charge in [0, 0.05) is 34.7 Å². The molecule has 1 N–H and O–H groups in total. The first-order chi connectivity index (χ1) is 11.1. The van der Waals surface area contributed by atoms with Gasteiger partial charge in [0.1, 0.15) is 0 Å². The van der Waals surface area contributed by atoms with Crippen LogP contribution < -0.4 is 5.32 Å². The number of ether oxygens (including phenoxy) is 1. The van der Waals surface area contributed by atoms with Gasteiger partial charge >= 0.3 is 0 Å². The van der Waals surface area contributed by atoms with Crippen LogP contribution in [0.2, 0.25) is 0 Å². The molecule has 23 heavy (non-hydrogen) atoms. The summed E-state index contributed by atoms with van der Waals surface area (Å²) >= 11 is 3.33. The molecule has 1 aromatic carbocycles. The van der Waals surface area contributed by atoms with Gasteiger partial charge in [-0.2, -0.15) is 0 Å². The lowest BCUT2D eigenvalue weighted by atomic mass is 10.2. The number of amides is 1. The molecule has 0 fully saturated rings. The smallest absolute Gasteiger partial charge is 0.251 e. The van der Waals surface area contributed by atoms with Crippen molar-refractivity contribution in [3.63, 3.8) is 0 Å². The Morgan fingerprint density at radius 1 is 1.35 bits per heavy atom. The number of thiazole rings is 1. The Bertz CT molecular complexity index is 583. The molecule has 1 amide bonds. The van der Waals surface area contributed by atoms with Crippen LogP contribution in [0.25, 0.3) is 0 Å². The van der Waals surface area contributed by atoms with Gasteiger partial charge in [-0.1, -0.05) is 0 Å². The van der Waals surface area contributed by atoms with Crippen molar-refractivity contribution in [1.29, 1.82) is 0 Å². The number of rotatable bonds is 9. The second-order valence-corrected chi connectivity index (χ2v) is 7.09. The van der Waals surface area contributed by atoms with Gasteiger partial charge in [-0.3, -0.25) is 4.79 Å². The topological polar surface area (TPSA) is 51.2 Å². The fourth-order valence-electron chi connectivity index (χ4n) is 1.86. The molecule has 0 bridgehead atoms. The number of carbonyl (C=O) groups excluding carboxylic acids is 1. The van der Waals surface area contributed by atoms with Crippen LogP contribution in [0.15, 0.2) is 40.1 Å². The number of thioether (sulfide) groups is 1. The lowest BCUT2D eigenvalue weighted by molar-refractivity contribution is 0.0757. The van der Waals surface area contributed by atoms with Crippen molar-refractivity contribution >= 4 is 29.0 Å². The summed E-state index contributed by atoms with van der Waals surface area (Å²) in [5.74, 6) is 0.816. The van der Waals surface area contributed by atoms with Crippen molar-refractivity contribution < 1.29 is 9.53 Å². The number of hydrogen-bond acceptors (Lipinski definition) is 5. The summed E-state index contributed by atoms with van der Waals surface area (Å²) < 4.78 is 5.44. The molecule has 0 radical (unpaired) electrons. The Hall–Kier alpha value is -1.37. The summed E-state index contributed by atoms with van der Waals surface area (Å²) in [7, 11) is 0. The lowest BCUT2D eigenvalue weighted by Crippen LogP contribution is -2.25. The molecular formula is C17H22N2O2S2. The quantitative estimate of drug-likeness (QED) is 0.549. The van der Waals surface area contributed by atoms with E-state index < -0.39 is 0 Å². The average molecular weight is 351 g/mol. The van der Waals surface area contributed by atoms with Crippen LogP contribution in [-0.4, -0.2) is 30.1 Å². The molecule has 2 aromatic rings. The van der Waals surface area contributed by atoms with Gasteiger partial charge in [-0.15, -0.1) is 23.1 Å². The molecule has 4 nitrogen and oxygen atoms in total. The first kappa shape index (κ1) is 18.0. The van der Waals surface area contributed by atoms with Gasteiger partial charge in [0.15, 0.2) is 0 Å². The minimum atomic E-state index is -0.0365.